The number of hydrogen-bond acceptors (Lipinski definition) is 27. The first-order valence-electron chi connectivity index (χ1n) is 48.3. The summed E-state index contributed by atoms with van der Waals surface area (Å²) in [6, 6.07) is -0.874. The molecular formula is C92H144N34O20S2. The predicted octanol–water partition coefficient (Wildman–Crippen LogP) is -7.54. The number of nitrogens with zero attached hydrogens (tertiary/aromatic N) is 1. The molecule has 1 aliphatic heterocycles. The van der Waals surface area contributed by atoms with Gasteiger partial charge in [0.05, 0.1) is 0 Å². The third-order valence-corrected chi connectivity index (χ3v) is 24.0. The molecule has 54 nitrogen and oxygen atoms in total. The van der Waals surface area contributed by atoms with Crippen LogP contribution in [0, 0.1) is 21.6 Å². The van der Waals surface area contributed by atoms with E-state index in [-0.39, 0.29) is 229 Å². The lowest BCUT2D eigenvalue weighted by molar-refractivity contribution is -0.142. The van der Waals surface area contributed by atoms with E-state index in [2.05, 4.69) is 132 Å². The average Bonchev–Trinajstić information content (AvgIpc) is 1.59. The van der Waals surface area contributed by atoms with E-state index in [1.165, 1.54) is 55.5 Å². The Labute approximate surface area is 865 Å². The van der Waals surface area contributed by atoms with Crippen molar-refractivity contribution in [1.82, 2.24) is 111 Å². The molecule has 0 bridgehead atoms. The first kappa shape index (κ1) is 123. The molecule has 4 aromatic carbocycles. The minimum Gasteiger partial charge on any atom is -0.508 e. The first-order chi connectivity index (χ1) is 70.4. The molecule has 44 N–H and O–H groups in total. The maximum atomic E-state index is 15.5. The summed E-state index contributed by atoms with van der Waals surface area (Å²) in [5.41, 5.74) is 50.9. The smallest absolute Gasteiger partial charge is 0.312 e. The molecule has 5 rings (SSSR count). The number of guanidine groups is 4. The van der Waals surface area contributed by atoms with Gasteiger partial charge in [-0.15, -0.1) is 0 Å². The van der Waals surface area contributed by atoms with E-state index in [4.69, 9.17) is 73.2 Å². The molecule has 0 radical (unpaired) electrons. The van der Waals surface area contributed by atoms with Gasteiger partial charge in [0, 0.05) is 90.0 Å². The van der Waals surface area contributed by atoms with Crippen LogP contribution in [0.25, 0.3) is 10.8 Å². The SMILES string of the molecule is CC(=O)N[C@@H](CCCNC(=N)N)C(=O)N[C@@H](CCCNC(=N)N)C(=O)N[C@@H](Cc1ccc2ccccc2c1)C(=O)N[C@@H](CS)C(=O)N[C@@H](Cc1ccc(O)cc1)C(=O)N[C@@H](CCCNC(N)=O)C(=O)N[C@@H](CCCCN)C(=O)N[C@H](CCCNC(N)=O)C(=O)N1CCC[C@H]1C(=O)N[C@@H](Cc1ccc(O)cc1)C(=O)N[C@@H](CCCNC(=N)N)C(=O)N[C@@H](CCCNC(N)=O)C(=O)N[C@@H](CS)C(=O)N[C@@H](CCCNC(=N)N)C(N)=O. The molecule has 21 amide bonds. The van der Waals surface area contributed by atoms with Crippen LogP contribution >= 0.6 is 25.3 Å². The Balaban J connectivity index is 1.50. The summed E-state index contributed by atoms with van der Waals surface area (Å²) in [6.45, 7) is 0.915. The number of rotatable bonds is 67. The van der Waals surface area contributed by atoms with E-state index < -0.39 is 209 Å². The number of carbonyl (C=O) groups is 18. The van der Waals surface area contributed by atoms with E-state index in [1.54, 1.807) is 24.3 Å². The maximum Gasteiger partial charge on any atom is 0.312 e. The van der Waals surface area contributed by atoms with Gasteiger partial charge in [0.15, 0.2) is 23.8 Å². The molecule has 0 saturated carbocycles. The minimum absolute atomic E-state index is 0.00443. The number of thiol groups is 2. The van der Waals surface area contributed by atoms with Gasteiger partial charge in [0.2, 0.25) is 88.6 Å². The number of hydrogen-bond donors (Lipinski definition) is 37. The lowest BCUT2D eigenvalue weighted by atomic mass is 10.00. The molecule has 148 heavy (non-hydrogen) atoms. The van der Waals surface area contributed by atoms with Gasteiger partial charge in [0.1, 0.15) is 96.1 Å². The van der Waals surface area contributed by atoms with Crippen molar-refractivity contribution in [3.8, 4) is 11.5 Å². The number of urea groups is 3. The highest BCUT2D eigenvalue weighted by Gasteiger charge is 2.42. The number of fused-ring (bicyclic) bond motifs is 1. The van der Waals surface area contributed by atoms with Crippen LogP contribution in [0.1, 0.15) is 146 Å². The average molecular weight is 2110 g/mol. The van der Waals surface area contributed by atoms with Gasteiger partial charge in [-0.25, -0.2) is 14.4 Å². The Hall–Kier alpha value is -15.7. The molecule has 814 valence electrons. The Morgan fingerprint density at radius 1 is 0.331 bits per heavy atom. The molecule has 1 saturated heterocycles. The monoisotopic (exact) mass is 2110 g/mol. The zero-order valence-electron chi connectivity index (χ0n) is 82.4. The van der Waals surface area contributed by atoms with E-state index in [0.29, 0.717) is 16.7 Å². The van der Waals surface area contributed by atoms with Crippen molar-refractivity contribution in [3.05, 3.63) is 108 Å². The largest absolute Gasteiger partial charge is 0.508 e. The summed E-state index contributed by atoms with van der Waals surface area (Å²) in [5, 5.41) is 105. The molecule has 56 heteroatoms. The van der Waals surface area contributed by atoms with Crippen molar-refractivity contribution in [2.24, 2.45) is 51.6 Å². The Kier molecular flexibility index (Phi) is 54.5. The van der Waals surface area contributed by atoms with Crippen LogP contribution in [0.5, 0.6) is 11.5 Å². The fourth-order valence-corrected chi connectivity index (χ4v) is 16.2. The van der Waals surface area contributed by atoms with Crippen LogP contribution in [-0.2, 0) is 91.2 Å². The van der Waals surface area contributed by atoms with Crippen LogP contribution in [0.4, 0.5) is 14.4 Å². The summed E-state index contributed by atoms with van der Waals surface area (Å²) in [5.74, 6) is -16.9. The van der Waals surface area contributed by atoms with E-state index >= 15 is 33.6 Å². The molecule has 1 fully saturated rings. The van der Waals surface area contributed by atoms with Gasteiger partial charge in [-0.05, 0) is 180 Å². The predicted molar refractivity (Wildman–Crippen MR) is 554 cm³/mol. The van der Waals surface area contributed by atoms with Crippen LogP contribution in [0.15, 0.2) is 91.0 Å². The molecule has 0 spiro atoms. The number of likely N-dealkylation sites (tertiary alicyclic amines) is 1. The number of benzene rings is 4. The maximum absolute atomic E-state index is 15.5. The van der Waals surface area contributed by atoms with Crippen LogP contribution < -0.4 is 158 Å². The molecule has 4 aromatic rings. The molecule has 14 atom stereocenters. The van der Waals surface area contributed by atoms with Crippen molar-refractivity contribution < 1.29 is 96.5 Å². The van der Waals surface area contributed by atoms with Crippen molar-refractivity contribution in [3.63, 3.8) is 0 Å². The molecule has 0 aromatic heterocycles. The standard InChI is InChI=1S/C92H144N34O20S2/c1-50(127)113-59(18-7-37-107-87(97)98)73(131)116-63(20-9-39-109-89(101)102)77(135)121-68(47-53-25-30-54-14-2-3-15-55(54)44-53)81(139)125-70(49-148)83(141)122-66(45-51-26-31-56(128)32-27-51)79(137)118-62(21-10-40-110-90(103)144)74(132)115-60(16-4-5-35-93)76(134)120-65(23-12-42-112-92(105)146)85(143)126-43-13-24-71(126)84(142)123-67(46-52-28-33-57(129)34-29-52)80(138)119-61(19-8-38-108-88(99)100)75(133)117-64(22-11-41-111-91(104)145)78(136)124-69(48-147)82(140)114-58(72(94)130)17-6-36-106-86(95)96/h2-3,14-15,25-34,44,58-71,128-129,147-148H,4-13,16-24,35-43,45-49,93H2,1H3,(H2,94,130)(H,113,127)(H,114,140)(H,115,132)(H,116,131)(H,117,133)(H,118,137)(H,119,138)(H,120,134)(H,121,135)(H,122,141)(H,123,142)(H,124,136)(H,125,139)(H4,95,96,106)(H4,97,98,107)(H4,99,100,108)(H4,101,102,109)(H3,103,110,144)(H3,104,111,145)(H3,105,112,146)/t58-,59-,60-,61-,62-,63-,64-,65+,66-,67-,68-,69-,70-,71-/m0/s1. The van der Waals surface area contributed by atoms with Crippen molar-refractivity contribution in [2.75, 3.05) is 70.4 Å². The quantitative estimate of drug-likeness (QED) is 0.00845. The molecular weight excluding hydrogens is 1970 g/mol. The Morgan fingerprint density at radius 2 is 0.608 bits per heavy atom. The zero-order chi connectivity index (χ0) is 109. The Bertz CT molecular complexity index is 5190. The van der Waals surface area contributed by atoms with Gasteiger partial charge >= 0.3 is 18.1 Å². The van der Waals surface area contributed by atoms with Crippen molar-refractivity contribution in [2.45, 2.75) is 233 Å². The molecule has 1 heterocycles. The number of phenolic OH excluding ortho intramolecular Hbond substituents is 2. The topological polar surface area (TPSA) is 921 Å². The second-order valence-electron chi connectivity index (χ2n) is 35.1. The fourth-order valence-electron chi connectivity index (χ4n) is 15.7. The van der Waals surface area contributed by atoms with Gasteiger partial charge < -0.3 is 173 Å². The fraction of sp³-hybridized carbons (Fsp3) is 0.522. The number of nitrogens with one attached hydrogen (secondary N) is 24. The van der Waals surface area contributed by atoms with Crippen molar-refractivity contribution >= 4 is 167 Å². The van der Waals surface area contributed by atoms with Crippen LogP contribution in [-0.4, -0.2) is 301 Å². The highest BCUT2D eigenvalue weighted by atomic mass is 32.1. The second kappa shape index (κ2) is 65.7. The Morgan fingerprint density at radius 3 is 0.946 bits per heavy atom. The molecule has 0 aliphatic carbocycles. The van der Waals surface area contributed by atoms with Gasteiger partial charge in [-0.1, -0.05) is 66.7 Å². The van der Waals surface area contributed by atoms with Crippen LogP contribution in [0.2, 0.25) is 0 Å². The number of unbranched alkanes of at least 4 members (excludes halogenated alkanes) is 1. The molecule has 1 aliphatic rings. The number of amides is 21. The van der Waals surface area contributed by atoms with Gasteiger partial charge in [-0.3, -0.25) is 93.6 Å². The zero-order valence-corrected chi connectivity index (χ0v) is 84.1. The van der Waals surface area contributed by atoms with Crippen LogP contribution in [0.3, 0.4) is 0 Å². The molecule has 0 unspecified atom stereocenters. The number of aromatic hydroxyl groups is 2. The lowest BCUT2D eigenvalue weighted by Gasteiger charge is -2.31. The highest BCUT2D eigenvalue weighted by Crippen LogP contribution is 2.24. The third kappa shape index (κ3) is 46.6. The second-order valence-corrected chi connectivity index (χ2v) is 35.8. The summed E-state index contributed by atoms with van der Waals surface area (Å²) in [7, 11) is 0. The normalized spacial score (nSPS) is 14.6. The highest BCUT2D eigenvalue weighted by molar-refractivity contribution is 7.80. The first-order valence-corrected chi connectivity index (χ1v) is 49.5. The van der Waals surface area contributed by atoms with Crippen molar-refractivity contribution in [1.29, 1.82) is 21.6 Å². The summed E-state index contributed by atoms with van der Waals surface area (Å²) >= 11 is 8.71. The number of phenols is 2. The minimum atomic E-state index is -1.70. The lowest BCUT2D eigenvalue weighted by Crippen LogP contribution is -2.61. The van der Waals surface area contributed by atoms with Gasteiger partial charge in [0.25, 0.3) is 0 Å². The van der Waals surface area contributed by atoms with E-state index in [9.17, 15) is 63.0 Å². The van der Waals surface area contributed by atoms with Gasteiger partial charge in [-0.2, -0.15) is 25.3 Å². The summed E-state index contributed by atoms with van der Waals surface area (Å²) in [4.78, 5) is 255. The number of nitrogens with two attached hydrogens (primary N) is 9. The summed E-state index contributed by atoms with van der Waals surface area (Å²) < 4.78 is 0. The van der Waals surface area contributed by atoms with E-state index in [0.717, 1.165) is 15.7 Å². The number of primary amides is 4. The number of carbonyl (C=O) groups excluding carboxylic acids is 18. The summed E-state index contributed by atoms with van der Waals surface area (Å²) in [6.07, 6.45) is -1.64. The van der Waals surface area contributed by atoms with E-state index in [1.807, 2.05) is 18.2 Å². The third-order valence-electron chi connectivity index (χ3n) is 23.3.